The van der Waals surface area contributed by atoms with Gasteiger partial charge < -0.3 is 14.9 Å². The average molecular weight is 263 g/mol. The number of pyridine rings is 1. The largest absolute Gasteiger partial charge is 0.387 e. The predicted octanol–water partition coefficient (Wildman–Crippen LogP) is -0.333. The number of nitrogens with zero attached hydrogens (tertiary/aromatic N) is 3. The summed E-state index contributed by atoms with van der Waals surface area (Å²) in [6.45, 7) is 3.22. The van der Waals surface area contributed by atoms with E-state index in [0.29, 0.717) is 31.9 Å². The fourth-order valence-electron chi connectivity index (χ4n) is 2.08. The highest BCUT2D eigenvalue weighted by molar-refractivity contribution is 5.92. The van der Waals surface area contributed by atoms with Crippen molar-refractivity contribution in [1.82, 2.24) is 14.8 Å². The smallest absolute Gasteiger partial charge is 0.272 e. The van der Waals surface area contributed by atoms with Crippen molar-refractivity contribution in [3.63, 3.8) is 0 Å². The van der Waals surface area contributed by atoms with Crippen LogP contribution in [-0.4, -0.2) is 64.5 Å². The molecular formula is C13H17N3O3. The van der Waals surface area contributed by atoms with Crippen LogP contribution in [0.4, 0.5) is 0 Å². The standard InChI is InChI=1S/C13H17N3O3/c1-10-3-2-4-11(14-10)13(19)16-7-5-15(6-8-16)12(18)9-17/h2-4,17H,5-9H2,1H3. The zero-order chi connectivity index (χ0) is 13.8. The van der Waals surface area contributed by atoms with Crippen molar-refractivity contribution < 1.29 is 14.7 Å². The summed E-state index contributed by atoms with van der Waals surface area (Å²) >= 11 is 0. The molecule has 0 unspecified atom stereocenters. The number of piperazine rings is 1. The van der Waals surface area contributed by atoms with Crippen LogP contribution in [0.2, 0.25) is 0 Å². The Kier molecular flexibility index (Phi) is 4.11. The van der Waals surface area contributed by atoms with Gasteiger partial charge in [-0.05, 0) is 19.1 Å². The zero-order valence-corrected chi connectivity index (χ0v) is 10.9. The summed E-state index contributed by atoms with van der Waals surface area (Å²) in [4.78, 5) is 31.0. The highest BCUT2D eigenvalue weighted by Gasteiger charge is 2.24. The molecule has 1 aliphatic rings. The second kappa shape index (κ2) is 5.79. The first-order valence-electron chi connectivity index (χ1n) is 6.23. The van der Waals surface area contributed by atoms with Gasteiger partial charge in [0.25, 0.3) is 5.91 Å². The van der Waals surface area contributed by atoms with Crippen molar-refractivity contribution >= 4 is 11.8 Å². The van der Waals surface area contributed by atoms with Crippen molar-refractivity contribution in [3.8, 4) is 0 Å². The summed E-state index contributed by atoms with van der Waals surface area (Å²) in [5.41, 5.74) is 1.24. The lowest BCUT2D eigenvalue weighted by molar-refractivity contribution is -0.135. The Morgan fingerprint density at radius 2 is 1.84 bits per heavy atom. The minimum Gasteiger partial charge on any atom is -0.387 e. The summed E-state index contributed by atoms with van der Waals surface area (Å²) in [6.07, 6.45) is 0. The topological polar surface area (TPSA) is 73.7 Å². The van der Waals surface area contributed by atoms with E-state index in [1.165, 1.54) is 0 Å². The average Bonchev–Trinajstić information content (AvgIpc) is 2.46. The van der Waals surface area contributed by atoms with E-state index >= 15 is 0 Å². The van der Waals surface area contributed by atoms with Crippen molar-refractivity contribution in [2.45, 2.75) is 6.92 Å². The summed E-state index contributed by atoms with van der Waals surface area (Å²) in [6, 6.07) is 5.34. The first kappa shape index (κ1) is 13.5. The molecule has 2 heterocycles. The van der Waals surface area contributed by atoms with Gasteiger partial charge in [-0.15, -0.1) is 0 Å². The van der Waals surface area contributed by atoms with Gasteiger partial charge in [0.05, 0.1) is 0 Å². The third-order valence-electron chi connectivity index (χ3n) is 3.16. The van der Waals surface area contributed by atoms with Gasteiger partial charge in [-0.1, -0.05) is 6.07 Å². The highest BCUT2D eigenvalue weighted by Crippen LogP contribution is 2.08. The number of aliphatic hydroxyl groups is 1. The molecule has 19 heavy (non-hydrogen) atoms. The quantitative estimate of drug-likeness (QED) is 0.792. The SMILES string of the molecule is Cc1cccc(C(=O)N2CCN(C(=O)CO)CC2)n1. The van der Waals surface area contributed by atoms with Crippen LogP contribution in [0.5, 0.6) is 0 Å². The van der Waals surface area contributed by atoms with Gasteiger partial charge in [0.15, 0.2) is 0 Å². The number of hydrogen-bond acceptors (Lipinski definition) is 4. The molecule has 0 saturated carbocycles. The molecule has 0 aromatic carbocycles. The van der Waals surface area contributed by atoms with Gasteiger partial charge in [0, 0.05) is 31.9 Å². The number of carbonyl (C=O) groups excluding carboxylic acids is 2. The molecule has 1 aromatic rings. The Balaban J connectivity index is 1.98. The maximum Gasteiger partial charge on any atom is 0.272 e. The van der Waals surface area contributed by atoms with Crippen molar-refractivity contribution in [1.29, 1.82) is 0 Å². The van der Waals surface area contributed by atoms with Gasteiger partial charge in [0.1, 0.15) is 12.3 Å². The molecule has 2 amide bonds. The van der Waals surface area contributed by atoms with Gasteiger partial charge in [-0.25, -0.2) is 4.98 Å². The minimum atomic E-state index is -0.479. The first-order chi connectivity index (χ1) is 9.11. The Hall–Kier alpha value is -1.95. The number of aliphatic hydroxyl groups excluding tert-OH is 1. The molecule has 0 aliphatic carbocycles. The van der Waals surface area contributed by atoms with Gasteiger partial charge in [-0.2, -0.15) is 0 Å². The van der Waals surface area contributed by atoms with Crippen molar-refractivity contribution in [3.05, 3.63) is 29.6 Å². The molecule has 2 rings (SSSR count). The van der Waals surface area contributed by atoms with E-state index in [1.807, 2.05) is 13.0 Å². The molecule has 1 saturated heterocycles. The Bertz CT molecular complexity index is 482. The van der Waals surface area contributed by atoms with E-state index in [2.05, 4.69) is 4.98 Å². The normalized spacial score (nSPS) is 15.5. The number of amides is 2. The number of aryl methyl sites for hydroxylation is 1. The number of hydrogen-bond donors (Lipinski definition) is 1. The maximum absolute atomic E-state index is 12.2. The van der Waals surface area contributed by atoms with Crippen LogP contribution in [0.25, 0.3) is 0 Å². The van der Waals surface area contributed by atoms with E-state index in [9.17, 15) is 9.59 Å². The number of aromatic nitrogens is 1. The molecule has 1 aliphatic heterocycles. The number of rotatable bonds is 2. The molecule has 1 aromatic heterocycles. The molecular weight excluding hydrogens is 246 g/mol. The minimum absolute atomic E-state index is 0.111. The summed E-state index contributed by atoms with van der Waals surface area (Å²) in [7, 11) is 0. The molecule has 0 atom stereocenters. The molecule has 0 spiro atoms. The third kappa shape index (κ3) is 3.08. The maximum atomic E-state index is 12.2. The van der Waals surface area contributed by atoms with Crippen LogP contribution >= 0.6 is 0 Å². The van der Waals surface area contributed by atoms with Crippen LogP contribution in [0.15, 0.2) is 18.2 Å². The molecule has 0 radical (unpaired) electrons. The van der Waals surface area contributed by atoms with E-state index in [1.54, 1.807) is 21.9 Å². The number of carbonyl (C=O) groups is 2. The predicted molar refractivity (Wildman–Crippen MR) is 68.5 cm³/mol. The molecule has 1 fully saturated rings. The second-order valence-corrected chi connectivity index (χ2v) is 4.50. The molecule has 6 heteroatoms. The van der Waals surface area contributed by atoms with E-state index in [0.717, 1.165) is 5.69 Å². The zero-order valence-electron chi connectivity index (χ0n) is 10.9. The van der Waals surface area contributed by atoms with E-state index < -0.39 is 6.61 Å². The van der Waals surface area contributed by atoms with E-state index in [4.69, 9.17) is 5.11 Å². The van der Waals surface area contributed by atoms with Crippen LogP contribution in [0, 0.1) is 6.92 Å². The Morgan fingerprint density at radius 3 is 2.42 bits per heavy atom. The first-order valence-corrected chi connectivity index (χ1v) is 6.23. The van der Waals surface area contributed by atoms with Crippen LogP contribution in [0.1, 0.15) is 16.2 Å². The van der Waals surface area contributed by atoms with Crippen LogP contribution in [-0.2, 0) is 4.79 Å². The lowest BCUT2D eigenvalue weighted by atomic mass is 10.2. The molecule has 102 valence electrons. The van der Waals surface area contributed by atoms with Gasteiger partial charge in [0.2, 0.25) is 5.91 Å². The molecule has 6 nitrogen and oxygen atoms in total. The Morgan fingerprint density at radius 1 is 1.21 bits per heavy atom. The second-order valence-electron chi connectivity index (χ2n) is 4.50. The Labute approximate surface area is 111 Å². The lowest BCUT2D eigenvalue weighted by Crippen LogP contribution is -2.51. The molecule has 1 N–H and O–H groups in total. The summed E-state index contributed by atoms with van der Waals surface area (Å²) < 4.78 is 0. The summed E-state index contributed by atoms with van der Waals surface area (Å²) in [5.74, 6) is -0.402. The third-order valence-corrected chi connectivity index (χ3v) is 3.16. The lowest BCUT2D eigenvalue weighted by Gasteiger charge is -2.34. The fourth-order valence-corrected chi connectivity index (χ4v) is 2.08. The van der Waals surface area contributed by atoms with Crippen LogP contribution in [0.3, 0.4) is 0 Å². The van der Waals surface area contributed by atoms with Crippen molar-refractivity contribution in [2.75, 3.05) is 32.8 Å². The van der Waals surface area contributed by atoms with Crippen LogP contribution < -0.4 is 0 Å². The van der Waals surface area contributed by atoms with Gasteiger partial charge in [-0.3, -0.25) is 9.59 Å². The highest BCUT2D eigenvalue weighted by atomic mass is 16.3. The van der Waals surface area contributed by atoms with Crippen molar-refractivity contribution in [2.24, 2.45) is 0 Å². The van der Waals surface area contributed by atoms with Gasteiger partial charge >= 0.3 is 0 Å². The fraction of sp³-hybridized carbons (Fsp3) is 0.462. The summed E-state index contributed by atoms with van der Waals surface area (Å²) in [5, 5.41) is 8.79. The monoisotopic (exact) mass is 263 g/mol. The molecule has 0 bridgehead atoms. The van der Waals surface area contributed by atoms with E-state index in [-0.39, 0.29) is 11.8 Å².